The number of unbranched alkanes of at least 4 members (excludes halogenated alkanes) is 15. The number of hydrogen-bond acceptors (Lipinski definition) is 3. The summed E-state index contributed by atoms with van der Waals surface area (Å²) in [6, 6.07) is 0. The molecule has 0 aromatic carbocycles. The second-order valence-electron chi connectivity index (χ2n) is 6.95. The summed E-state index contributed by atoms with van der Waals surface area (Å²) in [7, 11) is 0. The molecule has 0 aliphatic heterocycles. The van der Waals surface area contributed by atoms with Crippen molar-refractivity contribution in [2.45, 2.75) is 115 Å². The minimum absolute atomic E-state index is 0.0837. The number of ether oxygens (including phenoxy) is 1. The zero-order valence-corrected chi connectivity index (χ0v) is 17.2. The first-order chi connectivity index (χ1) is 12.5. The Labute approximate surface area is 162 Å². The largest absolute Gasteiger partial charge is 0.457 e. The van der Waals surface area contributed by atoms with Crippen LogP contribution in [0, 0.1) is 0 Å². The fourth-order valence-corrected chi connectivity index (χ4v) is 3.26. The molecule has 0 fully saturated rings. The Balaban J connectivity index is 3.12. The first kappa shape index (κ1) is 25.6. The van der Waals surface area contributed by atoms with Gasteiger partial charge in [0.1, 0.15) is 0 Å². The molecule has 0 spiro atoms. The third-order valence-corrected chi connectivity index (χ3v) is 4.93. The van der Waals surface area contributed by atoms with E-state index in [0.29, 0.717) is 6.42 Å². The van der Waals surface area contributed by atoms with Gasteiger partial charge < -0.3 is 4.74 Å². The van der Waals surface area contributed by atoms with Crippen LogP contribution < -0.4 is 0 Å². The van der Waals surface area contributed by atoms with Gasteiger partial charge in [-0.1, -0.05) is 103 Å². The van der Waals surface area contributed by atoms with Crippen LogP contribution >= 0.6 is 11.8 Å². The van der Waals surface area contributed by atoms with Crippen molar-refractivity contribution in [1.82, 2.24) is 0 Å². The molecule has 0 bridgehead atoms. The van der Waals surface area contributed by atoms with E-state index in [4.69, 9.17) is 0 Å². The maximum Gasteiger partial charge on any atom is 0.452 e. The van der Waals surface area contributed by atoms with Crippen LogP contribution in [0.3, 0.4) is 0 Å². The number of hydrogen-bond donors (Lipinski definition) is 0. The molecule has 156 valence electrons. The van der Waals surface area contributed by atoms with Crippen LogP contribution in [-0.4, -0.2) is 17.4 Å². The summed E-state index contributed by atoms with van der Waals surface area (Å²) < 4.78 is 40.2. The van der Waals surface area contributed by atoms with E-state index in [2.05, 4.69) is 11.7 Å². The summed E-state index contributed by atoms with van der Waals surface area (Å²) in [6.07, 6.45) is 19.9. The van der Waals surface area contributed by atoms with Crippen LogP contribution in [0.1, 0.15) is 110 Å². The Morgan fingerprint density at radius 1 is 0.692 bits per heavy atom. The van der Waals surface area contributed by atoms with Gasteiger partial charge in [0.15, 0.2) is 0 Å². The van der Waals surface area contributed by atoms with Crippen molar-refractivity contribution >= 4 is 17.1 Å². The van der Waals surface area contributed by atoms with E-state index in [1.807, 2.05) is 0 Å². The van der Waals surface area contributed by atoms with Crippen LogP contribution in [-0.2, 0) is 4.74 Å². The van der Waals surface area contributed by atoms with Gasteiger partial charge in [-0.3, -0.25) is 0 Å². The molecule has 0 saturated carbocycles. The van der Waals surface area contributed by atoms with Gasteiger partial charge in [0.2, 0.25) is 0 Å². The molecular formula is C20H37F3O2S. The molecule has 0 aliphatic rings. The lowest BCUT2D eigenvalue weighted by Gasteiger charge is -2.06. The maximum absolute atomic E-state index is 11.9. The minimum Gasteiger partial charge on any atom is -0.457 e. The topological polar surface area (TPSA) is 26.3 Å². The van der Waals surface area contributed by atoms with Crippen molar-refractivity contribution in [3.63, 3.8) is 0 Å². The van der Waals surface area contributed by atoms with E-state index in [-0.39, 0.29) is 6.61 Å². The van der Waals surface area contributed by atoms with Crippen molar-refractivity contribution in [3.8, 4) is 0 Å². The van der Waals surface area contributed by atoms with Crippen LogP contribution in [0.2, 0.25) is 0 Å². The third-order valence-electron chi connectivity index (χ3n) is 4.42. The highest BCUT2D eigenvalue weighted by atomic mass is 32.2. The molecule has 0 aromatic heterocycles. The SMILES string of the molecule is CCCCCCCCCCCCCCCCCCOC(=O)SC(F)(F)F. The zero-order valence-electron chi connectivity index (χ0n) is 16.4. The molecule has 26 heavy (non-hydrogen) atoms. The molecule has 0 saturated heterocycles. The monoisotopic (exact) mass is 398 g/mol. The fourth-order valence-electron chi connectivity index (χ4n) is 2.93. The highest BCUT2D eigenvalue weighted by Gasteiger charge is 2.33. The Hall–Kier alpha value is -0.390. The van der Waals surface area contributed by atoms with Crippen molar-refractivity contribution in [3.05, 3.63) is 0 Å². The Morgan fingerprint density at radius 2 is 1.04 bits per heavy atom. The van der Waals surface area contributed by atoms with Crippen LogP contribution in [0.25, 0.3) is 0 Å². The number of thioether (sulfide) groups is 1. The molecule has 0 amide bonds. The molecule has 6 heteroatoms. The number of carbonyl (C=O) groups is 1. The summed E-state index contributed by atoms with van der Waals surface area (Å²) in [5.74, 6) is 0. The molecule has 0 radical (unpaired) electrons. The van der Waals surface area contributed by atoms with Gasteiger partial charge in [-0.25, -0.2) is 4.79 Å². The van der Waals surface area contributed by atoms with E-state index >= 15 is 0 Å². The lowest BCUT2D eigenvalue weighted by Crippen LogP contribution is -2.08. The fraction of sp³-hybridized carbons (Fsp3) is 0.950. The smallest absolute Gasteiger partial charge is 0.452 e. The van der Waals surface area contributed by atoms with E-state index in [1.54, 1.807) is 0 Å². The standard InChI is InChI=1S/C20H37F3O2S/c1-2-3-4-5-6-7-8-9-10-11-12-13-14-15-16-17-18-25-19(24)26-20(21,22)23/h2-18H2,1H3. The summed E-state index contributed by atoms with van der Waals surface area (Å²) in [6.45, 7) is 2.33. The van der Waals surface area contributed by atoms with E-state index in [1.165, 1.54) is 77.0 Å². The maximum atomic E-state index is 11.9. The Kier molecular flexibility index (Phi) is 17.7. The van der Waals surface area contributed by atoms with Gasteiger partial charge in [0, 0.05) is 0 Å². The van der Waals surface area contributed by atoms with Gasteiger partial charge in [-0.05, 0) is 6.42 Å². The van der Waals surface area contributed by atoms with Gasteiger partial charge >= 0.3 is 10.8 Å². The molecular weight excluding hydrogens is 361 g/mol. The molecule has 0 unspecified atom stereocenters. The molecule has 2 nitrogen and oxygen atoms in total. The van der Waals surface area contributed by atoms with Crippen molar-refractivity contribution in [2.75, 3.05) is 6.61 Å². The Bertz CT molecular complexity index is 323. The first-order valence-electron chi connectivity index (χ1n) is 10.4. The molecule has 0 aromatic rings. The first-order valence-corrected chi connectivity index (χ1v) is 11.2. The van der Waals surface area contributed by atoms with Crippen molar-refractivity contribution in [1.29, 1.82) is 0 Å². The van der Waals surface area contributed by atoms with Crippen molar-refractivity contribution in [2.24, 2.45) is 0 Å². The van der Waals surface area contributed by atoms with Crippen LogP contribution in [0.15, 0.2) is 0 Å². The highest BCUT2D eigenvalue weighted by Crippen LogP contribution is 2.31. The number of alkyl halides is 3. The van der Waals surface area contributed by atoms with Crippen LogP contribution in [0.5, 0.6) is 0 Å². The quantitative estimate of drug-likeness (QED) is 0.181. The molecule has 0 aliphatic carbocycles. The average molecular weight is 399 g/mol. The summed E-state index contributed by atoms with van der Waals surface area (Å²) >= 11 is -0.716. The van der Waals surface area contributed by atoms with Gasteiger partial charge in [0.25, 0.3) is 0 Å². The highest BCUT2D eigenvalue weighted by molar-refractivity contribution is 8.14. The van der Waals surface area contributed by atoms with Crippen molar-refractivity contribution < 1.29 is 22.7 Å². The minimum atomic E-state index is -4.55. The molecule has 0 N–H and O–H groups in total. The number of carbonyl (C=O) groups excluding carboxylic acids is 1. The number of halogens is 3. The van der Waals surface area contributed by atoms with E-state index in [9.17, 15) is 18.0 Å². The third kappa shape index (κ3) is 21.7. The lowest BCUT2D eigenvalue weighted by atomic mass is 10.0. The molecule has 0 heterocycles. The van der Waals surface area contributed by atoms with Gasteiger partial charge in [-0.2, -0.15) is 13.2 Å². The lowest BCUT2D eigenvalue weighted by molar-refractivity contribution is -0.0325. The zero-order chi connectivity index (χ0) is 19.5. The van der Waals surface area contributed by atoms with Gasteiger partial charge in [0.05, 0.1) is 18.4 Å². The second kappa shape index (κ2) is 18.0. The number of rotatable bonds is 17. The van der Waals surface area contributed by atoms with Gasteiger partial charge in [-0.15, -0.1) is 0 Å². The predicted molar refractivity (Wildman–Crippen MR) is 105 cm³/mol. The van der Waals surface area contributed by atoms with E-state index in [0.717, 1.165) is 19.3 Å². The van der Waals surface area contributed by atoms with E-state index < -0.39 is 22.6 Å². The second-order valence-corrected chi connectivity index (χ2v) is 7.95. The predicted octanol–water partition coefficient (Wildman–Crippen LogP) is 8.64. The molecule has 0 rings (SSSR count). The summed E-state index contributed by atoms with van der Waals surface area (Å²) in [5, 5.41) is -1.25. The average Bonchev–Trinajstić information content (AvgIpc) is 2.56. The normalized spacial score (nSPS) is 11.7. The molecule has 0 atom stereocenters. The summed E-state index contributed by atoms with van der Waals surface area (Å²) in [5.41, 5.74) is -4.55. The Morgan fingerprint density at radius 3 is 1.38 bits per heavy atom. The summed E-state index contributed by atoms with van der Waals surface area (Å²) in [4.78, 5) is 10.8. The van der Waals surface area contributed by atoms with Crippen LogP contribution in [0.4, 0.5) is 18.0 Å².